The Labute approximate surface area is 174 Å². The zero-order valence-electron chi connectivity index (χ0n) is 17.1. The number of nitrogens with zero attached hydrogens (tertiary/aromatic N) is 5. The first-order valence-corrected chi connectivity index (χ1v) is 10.9. The summed E-state index contributed by atoms with van der Waals surface area (Å²) >= 11 is 1.38. The first-order chi connectivity index (χ1) is 14.0. The molecule has 4 rings (SSSR count). The average Bonchev–Trinajstić information content (AvgIpc) is 3.17. The fraction of sp³-hybridized carbons (Fsp3) is 0.550. The Kier molecular flexibility index (Phi) is 5.49. The summed E-state index contributed by atoms with van der Waals surface area (Å²) in [6.45, 7) is 6.04. The molecule has 9 heteroatoms. The summed E-state index contributed by atoms with van der Waals surface area (Å²) in [6, 6.07) is 0. The Hall–Kier alpha value is -2.55. The lowest BCUT2D eigenvalue weighted by Gasteiger charge is -2.33. The SMILES string of the molecule is CNc1nc([C@@H]2CCCN(C(C)=O)C2)nc2c1CCN(C(=O)c1scnc1C)C2. The van der Waals surface area contributed by atoms with Gasteiger partial charge in [0.2, 0.25) is 5.91 Å². The minimum atomic E-state index is 0.0160. The van der Waals surface area contributed by atoms with Crippen molar-refractivity contribution in [2.75, 3.05) is 32.0 Å². The van der Waals surface area contributed by atoms with E-state index in [4.69, 9.17) is 9.97 Å². The van der Waals surface area contributed by atoms with Crippen molar-refractivity contribution in [3.8, 4) is 0 Å². The fourth-order valence-corrected chi connectivity index (χ4v) is 4.91. The van der Waals surface area contributed by atoms with Gasteiger partial charge in [0.05, 0.1) is 23.4 Å². The Morgan fingerprint density at radius 3 is 2.76 bits per heavy atom. The summed E-state index contributed by atoms with van der Waals surface area (Å²) in [6.07, 6.45) is 2.64. The molecule has 2 aromatic heterocycles. The Balaban J connectivity index is 1.61. The lowest BCUT2D eigenvalue weighted by Crippen LogP contribution is -2.39. The van der Waals surface area contributed by atoms with Crippen LogP contribution in [-0.4, -0.2) is 63.2 Å². The van der Waals surface area contributed by atoms with Crippen molar-refractivity contribution in [2.45, 2.75) is 45.6 Å². The average molecular weight is 415 g/mol. The number of anilines is 1. The number of likely N-dealkylation sites (tertiary alicyclic amines) is 1. The minimum absolute atomic E-state index is 0.0160. The van der Waals surface area contributed by atoms with Crippen LogP contribution in [0.5, 0.6) is 0 Å². The molecule has 1 atom stereocenters. The molecule has 154 valence electrons. The summed E-state index contributed by atoms with van der Waals surface area (Å²) in [5.74, 6) is 1.84. The van der Waals surface area contributed by atoms with Gasteiger partial charge in [-0.1, -0.05) is 0 Å². The van der Waals surface area contributed by atoms with Crippen LogP contribution in [0.3, 0.4) is 0 Å². The summed E-state index contributed by atoms with van der Waals surface area (Å²) in [5, 5.41) is 3.21. The van der Waals surface area contributed by atoms with E-state index in [1.54, 1.807) is 12.4 Å². The molecule has 2 aliphatic rings. The number of thiazole rings is 1. The maximum atomic E-state index is 12.9. The second kappa shape index (κ2) is 8.06. The van der Waals surface area contributed by atoms with Gasteiger partial charge in [0, 0.05) is 45.1 Å². The Morgan fingerprint density at radius 1 is 1.24 bits per heavy atom. The van der Waals surface area contributed by atoms with Crippen molar-refractivity contribution in [3.05, 3.63) is 33.2 Å². The van der Waals surface area contributed by atoms with E-state index in [0.29, 0.717) is 24.5 Å². The summed E-state index contributed by atoms with van der Waals surface area (Å²) < 4.78 is 0. The van der Waals surface area contributed by atoms with E-state index in [1.807, 2.05) is 23.8 Å². The first-order valence-electron chi connectivity index (χ1n) is 10.00. The largest absolute Gasteiger partial charge is 0.373 e. The number of nitrogens with one attached hydrogen (secondary N) is 1. The number of carbonyl (C=O) groups excluding carboxylic acids is 2. The number of piperidine rings is 1. The second-order valence-corrected chi connectivity index (χ2v) is 8.51. The molecule has 0 aromatic carbocycles. The Morgan fingerprint density at radius 2 is 2.07 bits per heavy atom. The van der Waals surface area contributed by atoms with Crippen LogP contribution in [0.1, 0.15) is 58.1 Å². The molecular formula is C20H26N6O2S. The van der Waals surface area contributed by atoms with Gasteiger partial charge in [-0.15, -0.1) is 11.3 Å². The highest BCUT2D eigenvalue weighted by Gasteiger charge is 2.30. The van der Waals surface area contributed by atoms with Gasteiger partial charge in [-0.3, -0.25) is 9.59 Å². The molecule has 2 aromatic rings. The highest BCUT2D eigenvalue weighted by molar-refractivity contribution is 7.11. The van der Waals surface area contributed by atoms with Gasteiger partial charge in [-0.2, -0.15) is 0 Å². The summed E-state index contributed by atoms with van der Waals surface area (Å²) in [5.41, 5.74) is 4.47. The van der Waals surface area contributed by atoms with E-state index >= 15 is 0 Å². The standard InChI is InChI=1S/C20H26N6O2S/c1-12-17(29-11-22-12)20(28)26-8-6-15-16(10-26)23-18(24-19(15)21-3)14-5-4-7-25(9-14)13(2)27/h11,14H,4-10H2,1-3H3,(H,21,23,24)/t14-/m1/s1. The van der Waals surface area contributed by atoms with Gasteiger partial charge >= 0.3 is 0 Å². The number of amides is 2. The number of rotatable bonds is 3. The quantitative estimate of drug-likeness (QED) is 0.828. The number of hydrogen-bond donors (Lipinski definition) is 1. The third-order valence-electron chi connectivity index (χ3n) is 5.78. The fourth-order valence-electron chi connectivity index (χ4n) is 4.14. The van der Waals surface area contributed by atoms with Gasteiger partial charge < -0.3 is 15.1 Å². The highest BCUT2D eigenvalue weighted by Crippen LogP contribution is 2.30. The smallest absolute Gasteiger partial charge is 0.266 e. The van der Waals surface area contributed by atoms with Gasteiger partial charge in [0.1, 0.15) is 16.5 Å². The number of hydrogen-bond acceptors (Lipinski definition) is 7. The zero-order chi connectivity index (χ0) is 20.5. The van der Waals surface area contributed by atoms with Crippen molar-refractivity contribution in [1.29, 1.82) is 0 Å². The van der Waals surface area contributed by atoms with E-state index in [9.17, 15) is 9.59 Å². The van der Waals surface area contributed by atoms with E-state index in [0.717, 1.165) is 54.4 Å². The molecule has 1 saturated heterocycles. The number of fused-ring (bicyclic) bond motifs is 1. The number of aromatic nitrogens is 3. The summed E-state index contributed by atoms with van der Waals surface area (Å²) in [4.78, 5) is 43.0. The molecule has 2 aliphatic heterocycles. The molecule has 29 heavy (non-hydrogen) atoms. The minimum Gasteiger partial charge on any atom is -0.373 e. The molecule has 4 heterocycles. The number of aryl methyl sites for hydroxylation is 1. The lowest BCUT2D eigenvalue weighted by atomic mass is 9.96. The molecule has 0 bridgehead atoms. The maximum absolute atomic E-state index is 12.9. The van der Waals surface area contributed by atoms with Crippen LogP contribution < -0.4 is 5.32 Å². The van der Waals surface area contributed by atoms with Crippen molar-refractivity contribution in [2.24, 2.45) is 0 Å². The topological polar surface area (TPSA) is 91.3 Å². The van der Waals surface area contributed by atoms with Crippen molar-refractivity contribution in [3.63, 3.8) is 0 Å². The zero-order valence-corrected chi connectivity index (χ0v) is 17.9. The molecule has 1 N–H and O–H groups in total. The summed E-state index contributed by atoms with van der Waals surface area (Å²) in [7, 11) is 1.87. The van der Waals surface area contributed by atoms with E-state index < -0.39 is 0 Å². The van der Waals surface area contributed by atoms with Crippen LogP contribution in [0.4, 0.5) is 5.82 Å². The second-order valence-electron chi connectivity index (χ2n) is 7.65. The highest BCUT2D eigenvalue weighted by atomic mass is 32.1. The molecule has 0 radical (unpaired) electrons. The van der Waals surface area contributed by atoms with Crippen LogP contribution >= 0.6 is 11.3 Å². The monoisotopic (exact) mass is 414 g/mol. The van der Waals surface area contributed by atoms with Crippen LogP contribution in [0.25, 0.3) is 0 Å². The third kappa shape index (κ3) is 3.83. The normalized spacial score (nSPS) is 19.1. The molecule has 8 nitrogen and oxygen atoms in total. The van der Waals surface area contributed by atoms with Gasteiger partial charge in [-0.25, -0.2) is 15.0 Å². The molecule has 2 amide bonds. The van der Waals surface area contributed by atoms with Crippen molar-refractivity contribution in [1.82, 2.24) is 24.8 Å². The van der Waals surface area contributed by atoms with Crippen LogP contribution in [0.2, 0.25) is 0 Å². The Bertz CT molecular complexity index is 943. The molecule has 0 unspecified atom stereocenters. The van der Waals surface area contributed by atoms with Crippen LogP contribution in [0, 0.1) is 6.92 Å². The third-order valence-corrected chi connectivity index (χ3v) is 6.69. The first kappa shape index (κ1) is 19.8. The number of carbonyl (C=O) groups is 2. The molecule has 0 aliphatic carbocycles. The van der Waals surface area contributed by atoms with Crippen LogP contribution in [-0.2, 0) is 17.8 Å². The lowest BCUT2D eigenvalue weighted by molar-refractivity contribution is -0.130. The van der Waals surface area contributed by atoms with Gasteiger partial charge in [0.15, 0.2) is 0 Å². The maximum Gasteiger partial charge on any atom is 0.266 e. The molecule has 0 saturated carbocycles. The molecular weight excluding hydrogens is 388 g/mol. The van der Waals surface area contributed by atoms with E-state index in [-0.39, 0.29) is 17.7 Å². The van der Waals surface area contributed by atoms with E-state index in [1.165, 1.54) is 11.3 Å². The molecule has 0 spiro atoms. The predicted octanol–water partition coefficient (Wildman–Crippen LogP) is 2.21. The van der Waals surface area contributed by atoms with Crippen LogP contribution in [0.15, 0.2) is 5.51 Å². The van der Waals surface area contributed by atoms with Gasteiger partial charge in [-0.05, 0) is 26.2 Å². The van der Waals surface area contributed by atoms with Crippen molar-refractivity contribution < 1.29 is 9.59 Å². The van der Waals surface area contributed by atoms with Crippen molar-refractivity contribution >= 4 is 29.0 Å². The molecule has 1 fully saturated rings. The van der Waals surface area contributed by atoms with E-state index in [2.05, 4.69) is 10.3 Å². The van der Waals surface area contributed by atoms with Gasteiger partial charge in [0.25, 0.3) is 5.91 Å². The predicted molar refractivity (Wildman–Crippen MR) is 111 cm³/mol.